The van der Waals surface area contributed by atoms with Crippen LogP contribution in [0.25, 0.3) is 0 Å². The van der Waals surface area contributed by atoms with Crippen LogP contribution >= 0.6 is 0 Å². The number of rotatable bonds is 3. The van der Waals surface area contributed by atoms with Crippen molar-refractivity contribution in [2.24, 2.45) is 0 Å². The van der Waals surface area contributed by atoms with Crippen molar-refractivity contribution in [2.75, 3.05) is 49.1 Å². The van der Waals surface area contributed by atoms with E-state index in [2.05, 4.69) is 19.8 Å². The summed E-state index contributed by atoms with van der Waals surface area (Å²) in [7, 11) is 0. The van der Waals surface area contributed by atoms with Crippen LogP contribution in [0.3, 0.4) is 0 Å². The number of anilines is 2. The minimum absolute atomic E-state index is 0.0786. The quantitative estimate of drug-likeness (QED) is 0.858. The predicted molar refractivity (Wildman–Crippen MR) is 98.0 cm³/mol. The first kappa shape index (κ1) is 15.9. The molecule has 2 aromatic heterocycles. The van der Waals surface area contributed by atoms with Gasteiger partial charge in [-0.15, -0.1) is 0 Å². The van der Waals surface area contributed by atoms with Crippen LogP contribution in [-0.2, 0) is 0 Å². The van der Waals surface area contributed by atoms with Gasteiger partial charge in [-0.2, -0.15) is 0 Å². The third-order valence-electron chi connectivity index (χ3n) is 5.02. The molecule has 0 aliphatic carbocycles. The molecular formula is C19H23N5O. The van der Waals surface area contributed by atoms with E-state index in [-0.39, 0.29) is 5.91 Å². The number of hydrogen-bond acceptors (Lipinski definition) is 5. The Morgan fingerprint density at radius 3 is 2.20 bits per heavy atom. The van der Waals surface area contributed by atoms with E-state index in [0.29, 0.717) is 5.56 Å². The first-order valence-electron chi connectivity index (χ1n) is 8.96. The van der Waals surface area contributed by atoms with Crippen molar-refractivity contribution in [2.45, 2.75) is 12.8 Å². The third kappa shape index (κ3) is 3.43. The van der Waals surface area contributed by atoms with Crippen LogP contribution in [-0.4, -0.2) is 60.0 Å². The number of carbonyl (C=O) groups excluding carboxylic acids is 1. The minimum atomic E-state index is 0.0786. The van der Waals surface area contributed by atoms with Crippen molar-refractivity contribution in [1.82, 2.24) is 14.9 Å². The lowest BCUT2D eigenvalue weighted by atomic mass is 10.2. The summed E-state index contributed by atoms with van der Waals surface area (Å²) in [5, 5.41) is 0. The maximum absolute atomic E-state index is 12.7. The van der Waals surface area contributed by atoms with Gasteiger partial charge < -0.3 is 14.7 Å². The molecule has 0 N–H and O–H groups in total. The van der Waals surface area contributed by atoms with Gasteiger partial charge in [0.05, 0.1) is 5.56 Å². The molecule has 2 fully saturated rings. The minimum Gasteiger partial charge on any atom is -0.368 e. The Bertz CT molecular complexity index is 704. The summed E-state index contributed by atoms with van der Waals surface area (Å²) in [5.41, 5.74) is 1.85. The van der Waals surface area contributed by atoms with Crippen molar-refractivity contribution < 1.29 is 4.79 Å². The van der Waals surface area contributed by atoms with Gasteiger partial charge in [0, 0.05) is 63.5 Å². The normalized spacial score (nSPS) is 17.8. The molecule has 2 saturated heterocycles. The Kier molecular flexibility index (Phi) is 4.50. The van der Waals surface area contributed by atoms with E-state index in [9.17, 15) is 4.79 Å². The number of piperazine rings is 1. The highest BCUT2D eigenvalue weighted by Crippen LogP contribution is 2.19. The molecule has 0 unspecified atom stereocenters. The zero-order valence-electron chi connectivity index (χ0n) is 14.3. The van der Waals surface area contributed by atoms with Gasteiger partial charge in [0.1, 0.15) is 5.82 Å². The summed E-state index contributed by atoms with van der Waals surface area (Å²) in [5.74, 6) is 1.06. The van der Waals surface area contributed by atoms with E-state index in [0.717, 1.165) is 45.1 Å². The molecule has 6 heteroatoms. The highest BCUT2D eigenvalue weighted by molar-refractivity contribution is 5.94. The topological polar surface area (TPSA) is 52.6 Å². The molecule has 0 spiro atoms. The fourth-order valence-corrected chi connectivity index (χ4v) is 3.55. The monoisotopic (exact) mass is 337 g/mol. The van der Waals surface area contributed by atoms with Gasteiger partial charge in [-0.05, 0) is 37.1 Å². The molecule has 1 amide bonds. The fraction of sp³-hybridized carbons (Fsp3) is 0.421. The second kappa shape index (κ2) is 7.09. The maximum atomic E-state index is 12.7. The number of carbonyl (C=O) groups is 1. The van der Waals surface area contributed by atoms with Crippen molar-refractivity contribution in [3.63, 3.8) is 0 Å². The Balaban J connectivity index is 1.37. The number of hydrogen-bond donors (Lipinski definition) is 0. The average Bonchev–Trinajstić information content (AvgIpc) is 3.23. The van der Waals surface area contributed by atoms with Crippen molar-refractivity contribution >= 4 is 17.4 Å². The van der Waals surface area contributed by atoms with E-state index < -0.39 is 0 Å². The Morgan fingerprint density at radius 2 is 1.56 bits per heavy atom. The average molecular weight is 337 g/mol. The second-order valence-electron chi connectivity index (χ2n) is 6.58. The van der Waals surface area contributed by atoms with Gasteiger partial charge in [0.25, 0.3) is 5.91 Å². The van der Waals surface area contributed by atoms with Crippen LogP contribution in [0.2, 0.25) is 0 Å². The van der Waals surface area contributed by atoms with Crippen molar-refractivity contribution in [1.29, 1.82) is 0 Å². The largest absolute Gasteiger partial charge is 0.368 e. The number of aromatic nitrogens is 2. The summed E-state index contributed by atoms with van der Waals surface area (Å²) in [6, 6.07) is 7.92. The molecule has 0 saturated carbocycles. The van der Waals surface area contributed by atoms with Gasteiger partial charge in [-0.1, -0.05) is 0 Å². The summed E-state index contributed by atoms with van der Waals surface area (Å²) in [6.07, 6.45) is 7.79. The van der Waals surface area contributed by atoms with E-state index in [1.165, 1.54) is 18.5 Å². The first-order valence-corrected chi connectivity index (χ1v) is 8.96. The maximum Gasteiger partial charge on any atom is 0.255 e. The number of amides is 1. The fourth-order valence-electron chi connectivity index (χ4n) is 3.55. The molecule has 2 aromatic rings. The third-order valence-corrected chi connectivity index (χ3v) is 5.02. The van der Waals surface area contributed by atoms with E-state index in [4.69, 9.17) is 0 Å². The van der Waals surface area contributed by atoms with Gasteiger partial charge in [-0.25, -0.2) is 4.98 Å². The zero-order valence-corrected chi connectivity index (χ0v) is 14.3. The lowest BCUT2D eigenvalue weighted by molar-refractivity contribution is 0.0746. The van der Waals surface area contributed by atoms with E-state index >= 15 is 0 Å². The lowest BCUT2D eigenvalue weighted by Gasteiger charge is -2.36. The molecule has 25 heavy (non-hydrogen) atoms. The molecular weight excluding hydrogens is 314 g/mol. The van der Waals surface area contributed by atoms with Crippen LogP contribution in [0.5, 0.6) is 0 Å². The summed E-state index contributed by atoms with van der Waals surface area (Å²) >= 11 is 0. The summed E-state index contributed by atoms with van der Waals surface area (Å²) < 4.78 is 0. The van der Waals surface area contributed by atoms with Crippen LogP contribution in [0, 0.1) is 0 Å². The van der Waals surface area contributed by atoms with Gasteiger partial charge in [0.15, 0.2) is 0 Å². The second-order valence-corrected chi connectivity index (χ2v) is 6.58. The van der Waals surface area contributed by atoms with Gasteiger partial charge in [0.2, 0.25) is 0 Å². The Morgan fingerprint density at radius 1 is 0.840 bits per heavy atom. The standard InChI is InChI=1S/C19H23N5O/c25-19(16-3-4-18(21-15-16)23-9-1-2-10-23)24-13-11-22(12-14-24)17-5-7-20-8-6-17/h3-8,15H,1-2,9-14H2. The molecule has 4 rings (SSSR count). The Labute approximate surface area is 148 Å². The molecule has 2 aliphatic heterocycles. The van der Waals surface area contributed by atoms with Crippen LogP contribution in [0.15, 0.2) is 42.9 Å². The van der Waals surface area contributed by atoms with E-state index in [1.54, 1.807) is 18.6 Å². The molecule has 4 heterocycles. The Hall–Kier alpha value is -2.63. The van der Waals surface area contributed by atoms with Crippen LogP contribution in [0.4, 0.5) is 11.5 Å². The van der Waals surface area contributed by atoms with Crippen LogP contribution < -0.4 is 9.80 Å². The van der Waals surface area contributed by atoms with Gasteiger partial charge in [-0.3, -0.25) is 9.78 Å². The smallest absolute Gasteiger partial charge is 0.255 e. The predicted octanol–water partition coefficient (Wildman–Crippen LogP) is 2.04. The van der Waals surface area contributed by atoms with Crippen molar-refractivity contribution in [3.8, 4) is 0 Å². The van der Waals surface area contributed by atoms with Crippen molar-refractivity contribution in [3.05, 3.63) is 48.4 Å². The number of pyridine rings is 2. The highest BCUT2D eigenvalue weighted by Gasteiger charge is 2.23. The molecule has 0 aromatic carbocycles. The van der Waals surface area contributed by atoms with Gasteiger partial charge >= 0.3 is 0 Å². The SMILES string of the molecule is O=C(c1ccc(N2CCCC2)nc1)N1CCN(c2ccncc2)CC1. The molecule has 130 valence electrons. The highest BCUT2D eigenvalue weighted by atomic mass is 16.2. The molecule has 0 bridgehead atoms. The lowest BCUT2D eigenvalue weighted by Crippen LogP contribution is -2.48. The molecule has 2 aliphatic rings. The number of nitrogens with zero attached hydrogens (tertiary/aromatic N) is 5. The molecule has 0 atom stereocenters. The summed E-state index contributed by atoms with van der Waals surface area (Å²) in [4.78, 5) is 27.8. The first-order chi connectivity index (χ1) is 12.3. The van der Waals surface area contributed by atoms with Crippen LogP contribution in [0.1, 0.15) is 23.2 Å². The summed E-state index contributed by atoms with van der Waals surface area (Å²) in [6.45, 7) is 5.28. The van der Waals surface area contributed by atoms with E-state index in [1.807, 2.05) is 29.2 Å². The molecule has 0 radical (unpaired) electrons. The molecule has 6 nitrogen and oxygen atoms in total. The zero-order chi connectivity index (χ0) is 17.1.